The van der Waals surface area contributed by atoms with E-state index in [1.54, 1.807) is 12.3 Å². The lowest BCUT2D eigenvalue weighted by Gasteiger charge is -2.34. The molecule has 0 unspecified atom stereocenters. The predicted octanol–water partition coefficient (Wildman–Crippen LogP) is 1.81. The van der Waals surface area contributed by atoms with Crippen LogP contribution in [0.25, 0.3) is 0 Å². The van der Waals surface area contributed by atoms with Gasteiger partial charge >= 0.3 is 5.97 Å². The van der Waals surface area contributed by atoms with Crippen LogP contribution in [0.15, 0.2) is 22.8 Å². The Morgan fingerprint density at radius 3 is 3.12 bits per heavy atom. The van der Waals surface area contributed by atoms with Crippen molar-refractivity contribution in [2.45, 2.75) is 6.42 Å². The summed E-state index contributed by atoms with van der Waals surface area (Å²) in [7, 11) is 0. The van der Waals surface area contributed by atoms with Gasteiger partial charge in [0.15, 0.2) is 0 Å². The molecule has 0 saturated carbocycles. The van der Waals surface area contributed by atoms with Crippen molar-refractivity contribution in [2.75, 3.05) is 24.0 Å². The summed E-state index contributed by atoms with van der Waals surface area (Å²) < 4.78 is 6.06. The number of furan rings is 1. The van der Waals surface area contributed by atoms with Crippen molar-refractivity contribution in [2.24, 2.45) is 0 Å². The molecular formula is C10H12N2O3S2. The Bertz CT molecular complexity index is 408. The molecule has 1 aromatic heterocycles. The average molecular weight is 272 g/mol. The summed E-state index contributed by atoms with van der Waals surface area (Å²) in [5, 5.41) is 8.65. The molecule has 2 rings (SSSR count). The molecule has 1 fully saturated rings. The monoisotopic (exact) mass is 272 g/mol. The summed E-state index contributed by atoms with van der Waals surface area (Å²) in [4.78, 5) is 14.4. The first kappa shape index (κ1) is 12.4. The SMILES string of the molecule is O=C(O)CCN1CSC(=S)N(c2ccco2)C1. The minimum atomic E-state index is -0.785. The van der Waals surface area contributed by atoms with Gasteiger partial charge in [0.05, 0.1) is 25.2 Å². The van der Waals surface area contributed by atoms with Crippen LogP contribution >= 0.6 is 24.0 Å². The van der Waals surface area contributed by atoms with Crippen LogP contribution in [0, 0.1) is 0 Å². The van der Waals surface area contributed by atoms with E-state index in [1.165, 1.54) is 11.8 Å². The van der Waals surface area contributed by atoms with Crippen molar-refractivity contribution in [1.82, 2.24) is 4.90 Å². The smallest absolute Gasteiger partial charge is 0.304 e. The first-order chi connectivity index (χ1) is 8.16. The molecule has 7 heteroatoms. The van der Waals surface area contributed by atoms with Crippen LogP contribution in [0.5, 0.6) is 0 Å². The summed E-state index contributed by atoms with van der Waals surface area (Å²) in [6, 6.07) is 3.65. The van der Waals surface area contributed by atoms with Gasteiger partial charge in [-0.2, -0.15) is 0 Å². The molecular weight excluding hydrogens is 260 g/mol. The van der Waals surface area contributed by atoms with Gasteiger partial charge in [-0.15, -0.1) is 0 Å². The van der Waals surface area contributed by atoms with Gasteiger partial charge in [0.2, 0.25) is 5.88 Å². The van der Waals surface area contributed by atoms with Gasteiger partial charge in [0, 0.05) is 12.6 Å². The number of nitrogens with zero attached hydrogens (tertiary/aromatic N) is 2. The number of aliphatic carboxylic acids is 1. The van der Waals surface area contributed by atoms with Crippen LogP contribution in [0.3, 0.4) is 0 Å². The molecule has 1 aliphatic rings. The third-order valence-electron chi connectivity index (χ3n) is 2.35. The number of carboxylic acid groups (broad SMARTS) is 1. The molecule has 0 radical (unpaired) electrons. The van der Waals surface area contributed by atoms with E-state index in [0.717, 1.165) is 10.2 Å². The normalized spacial score (nSPS) is 17.4. The molecule has 17 heavy (non-hydrogen) atoms. The highest BCUT2D eigenvalue weighted by molar-refractivity contribution is 8.23. The van der Waals surface area contributed by atoms with E-state index >= 15 is 0 Å². The topological polar surface area (TPSA) is 56.9 Å². The van der Waals surface area contributed by atoms with Gasteiger partial charge in [0.1, 0.15) is 4.32 Å². The van der Waals surface area contributed by atoms with E-state index in [-0.39, 0.29) is 6.42 Å². The molecule has 1 N–H and O–H groups in total. The van der Waals surface area contributed by atoms with Crippen LogP contribution in [0.4, 0.5) is 5.88 Å². The van der Waals surface area contributed by atoms with Gasteiger partial charge in [-0.25, -0.2) is 0 Å². The van der Waals surface area contributed by atoms with Crippen molar-refractivity contribution in [3.8, 4) is 0 Å². The Kier molecular flexibility index (Phi) is 4.03. The first-order valence-corrected chi connectivity index (χ1v) is 6.48. The van der Waals surface area contributed by atoms with E-state index < -0.39 is 5.97 Å². The summed E-state index contributed by atoms with van der Waals surface area (Å²) in [5.74, 6) is 0.638. The molecule has 0 atom stereocenters. The van der Waals surface area contributed by atoms with Gasteiger partial charge in [-0.3, -0.25) is 14.6 Å². The van der Waals surface area contributed by atoms with Gasteiger partial charge in [-0.1, -0.05) is 24.0 Å². The molecule has 0 aliphatic carbocycles. The Hall–Kier alpha value is -1.05. The minimum absolute atomic E-state index is 0.138. The number of thiocarbonyl (C=S) groups is 1. The summed E-state index contributed by atoms with van der Waals surface area (Å²) in [5.41, 5.74) is 0. The molecule has 0 aromatic carbocycles. The Balaban J connectivity index is 1.97. The third kappa shape index (κ3) is 3.21. The molecule has 1 aromatic rings. The second-order valence-corrected chi connectivity index (χ2v) is 5.18. The standard InChI is InChI=1S/C10H12N2O3S2/c13-9(14)3-4-11-6-12(10(16)17-7-11)8-2-1-5-15-8/h1-2,5H,3-4,6-7H2,(H,13,14). The maximum Gasteiger partial charge on any atom is 0.304 e. The van der Waals surface area contributed by atoms with Crippen LogP contribution in [-0.4, -0.2) is 39.4 Å². The largest absolute Gasteiger partial charge is 0.481 e. The van der Waals surface area contributed by atoms with E-state index in [1.807, 2.05) is 15.9 Å². The first-order valence-electron chi connectivity index (χ1n) is 5.09. The molecule has 92 valence electrons. The lowest BCUT2D eigenvalue weighted by molar-refractivity contribution is -0.137. The highest BCUT2D eigenvalue weighted by Gasteiger charge is 2.24. The zero-order chi connectivity index (χ0) is 12.3. The van der Waals surface area contributed by atoms with Crippen LogP contribution in [0.1, 0.15) is 6.42 Å². The molecule has 1 aliphatic heterocycles. The van der Waals surface area contributed by atoms with E-state index in [2.05, 4.69) is 0 Å². The number of hydrogen-bond donors (Lipinski definition) is 1. The maximum absolute atomic E-state index is 10.5. The number of carboxylic acids is 1. The van der Waals surface area contributed by atoms with E-state index in [4.69, 9.17) is 21.7 Å². The van der Waals surface area contributed by atoms with Crippen molar-refractivity contribution in [3.63, 3.8) is 0 Å². The highest BCUT2D eigenvalue weighted by atomic mass is 32.2. The van der Waals surface area contributed by atoms with Crippen molar-refractivity contribution >= 4 is 40.2 Å². The van der Waals surface area contributed by atoms with Gasteiger partial charge in [-0.05, 0) is 6.07 Å². The number of anilines is 1. The Morgan fingerprint density at radius 2 is 2.47 bits per heavy atom. The number of carbonyl (C=O) groups is 1. The lowest BCUT2D eigenvalue weighted by Crippen LogP contribution is -2.45. The fourth-order valence-corrected chi connectivity index (χ4v) is 2.61. The van der Waals surface area contributed by atoms with Gasteiger partial charge < -0.3 is 9.52 Å². The van der Waals surface area contributed by atoms with Crippen LogP contribution in [0.2, 0.25) is 0 Å². The molecule has 5 nitrogen and oxygen atoms in total. The predicted molar refractivity (Wildman–Crippen MR) is 70.1 cm³/mol. The second kappa shape index (κ2) is 5.52. The van der Waals surface area contributed by atoms with Crippen molar-refractivity contribution in [1.29, 1.82) is 0 Å². The van der Waals surface area contributed by atoms with E-state index in [0.29, 0.717) is 19.1 Å². The molecule has 0 amide bonds. The zero-order valence-electron chi connectivity index (χ0n) is 9.04. The Morgan fingerprint density at radius 1 is 1.65 bits per heavy atom. The number of rotatable bonds is 4. The molecule has 0 bridgehead atoms. The highest BCUT2D eigenvalue weighted by Crippen LogP contribution is 2.25. The van der Waals surface area contributed by atoms with Crippen molar-refractivity contribution in [3.05, 3.63) is 18.4 Å². The third-order valence-corrected chi connectivity index (χ3v) is 3.88. The lowest BCUT2D eigenvalue weighted by atomic mass is 10.4. The fraction of sp³-hybridized carbons (Fsp3) is 0.400. The molecule has 0 spiro atoms. The number of hydrogen-bond acceptors (Lipinski definition) is 5. The average Bonchev–Trinajstić information content (AvgIpc) is 2.81. The van der Waals surface area contributed by atoms with Gasteiger partial charge in [0.25, 0.3) is 0 Å². The Labute approximate surface area is 108 Å². The molecule has 2 heterocycles. The number of thioether (sulfide) groups is 1. The maximum atomic E-state index is 10.5. The quantitative estimate of drug-likeness (QED) is 0.839. The summed E-state index contributed by atoms with van der Waals surface area (Å²) in [6.07, 6.45) is 1.73. The molecule has 1 saturated heterocycles. The van der Waals surface area contributed by atoms with E-state index in [9.17, 15) is 4.79 Å². The fourth-order valence-electron chi connectivity index (χ4n) is 1.50. The van der Waals surface area contributed by atoms with Crippen LogP contribution < -0.4 is 4.90 Å². The van der Waals surface area contributed by atoms with Crippen LogP contribution in [-0.2, 0) is 4.79 Å². The second-order valence-electron chi connectivity index (χ2n) is 3.60. The zero-order valence-corrected chi connectivity index (χ0v) is 10.7. The summed E-state index contributed by atoms with van der Waals surface area (Å²) in [6.45, 7) is 1.09. The summed E-state index contributed by atoms with van der Waals surface area (Å²) >= 11 is 6.76. The van der Waals surface area contributed by atoms with Crippen molar-refractivity contribution < 1.29 is 14.3 Å². The minimum Gasteiger partial charge on any atom is -0.481 e.